The molecule has 0 radical (unpaired) electrons. The first-order valence-electron chi connectivity index (χ1n) is 9.63. The van der Waals surface area contributed by atoms with Gasteiger partial charge in [0.15, 0.2) is 0 Å². The first-order valence-corrected chi connectivity index (χ1v) is 9.63. The number of carbonyl (C=O) groups excluding carboxylic acids is 1. The highest BCUT2D eigenvalue weighted by molar-refractivity contribution is 6.04. The second-order valence-corrected chi connectivity index (χ2v) is 7.44. The summed E-state index contributed by atoms with van der Waals surface area (Å²) in [5.41, 5.74) is 3.35. The topological polar surface area (TPSA) is 75.9 Å². The summed E-state index contributed by atoms with van der Waals surface area (Å²) in [5.74, 6) is 0.615. The molecule has 144 valence electrons. The molecule has 28 heavy (non-hydrogen) atoms. The molecule has 2 aromatic carbocycles. The van der Waals surface area contributed by atoms with Crippen molar-refractivity contribution in [2.45, 2.75) is 26.3 Å². The van der Waals surface area contributed by atoms with Gasteiger partial charge in [-0.05, 0) is 71.6 Å². The third kappa shape index (κ3) is 4.43. The Morgan fingerprint density at radius 3 is 2.82 bits per heavy atom. The number of nitrogens with one attached hydrogen (secondary N) is 1. The van der Waals surface area contributed by atoms with Gasteiger partial charge in [0, 0.05) is 24.3 Å². The van der Waals surface area contributed by atoms with Gasteiger partial charge in [-0.3, -0.25) is 9.69 Å². The maximum Gasteiger partial charge on any atom is 0.255 e. The van der Waals surface area contributed by atoms with Crippen LogP contribution in [0.3, 0.4) is 0 Å². The summed E-state index contributed by atoms with van der Waals surface area (Å²) in [7, 11) is 0. The number of hydrogen-bond acceptors (Lipinski definition) is 5. The Morgan fingerprint density at radius 1 is 1.21 bits per heavy atom. The Morgan fingerprint density at radius 2 is 2.07 bits per heavy atom. The van der Waals surface area contributed by atoms with E-state index in [-0.39, 0.29) is 5.91 Å². The summed E-state index contributed by atoms with van der Waals surface area (Å²) >= 11 is 0. The van der Waals surface area contributed by atoms with E-state index in [1.165, 1.54) is 36.0 Å². The highest BCUT2D eigenvalue weighted by Crippen LogP contribution is 2.19. The maximum atomic E-state index is 12.6. The molecule has 3 aromatic rings. The van der Waals surface area contributed by atoms with Gasteiger partial charge in [0.05, 0.1) is 5.69 Å². The van der Waals surface area contributed by atoms with Crippen molar-refractivity contribution in [3.63, 3.8) is 0 Å². The van der Waals surface area contributed by atoms with Crippen molar-refractivity contribution in [1.82, 2.24) is 25.1 Å². The zero-order valence-electron chi connectivity index (χ0n) is 16.0. The molecule has 7 heteroatoms. The van der Waals surface area contributed by atoms with Crippen LogP contribution in [0.2, 0.25) is 0 Å². The number of carbonyl (C=O) groups is 1. The van der Waals surface area contributed by atoms with Gasteiger partial charge in [0.25, 0.3) is 5.91 Å². The van der Waals surface area contributed by atoms with Crippen molar-refractivity contribution in [2.75, 3.05) is 18.4 Å². The Labute approximate surface area is 164 Å². The third-order valence-corrected chi connectivity index (χ3v) is 5.08. The van der Waals surface area contributed by atoms with Crippen molar-refractivity contribution in [3.8, 4) is 5.69 Å². The van der Waals surface area contributed by atoms with E-state index >= 15 is 0 Å². The number of piperidine rings is 1. The minimum atomic E-state index is -0.160. The lowest BCUT2D eigenvalue weighted by Gasteiger charge is -2.30. The molecule has 1 saturated heterocycles. The predicted molar refractivity (Wildman–Crippen MR) is 107 cm³/mol. The van der Waals surface area contributed by atoms with Gasteiger partial charge >= 0.3 is 0 Å². The Bertz CT molecular complexity index is 922. The van der Waals surface area contributed by atoms with E-state index < -0.39 is 0 Å². The molecular formula is C21H24N6O. The van der Waals surface area contributed by atoms with E-state index in [1.807, 2.05) is 24.3 Å². The molecule has 1 N–H and O–H groups in total. The number of tetrazole rings is 1. The molecule has 1 atom stereocenters. The Hall–Kier alpha value is -3.06. The Balaban J connectivity index is 1.39. The SMILES string of the molecule is CC1CCCN(Cc2ccc(NC(=O)c3cccc(-n4cnnn4)c3)cc2)C1. The number of aromatic nitrogens is 4. The van der Waals surface area contributed by atoms with E-state index in [2.05, 4.69) is 44.8 Å². The lowest BCUT2D eigenvalue weighted by atomic mass is 10.00. The molecule has 2 heterocycles. The highest BCUT2D eigenvalue weighted by Gasteiger charge is 2.16. The molecule has 0 spiro atoms. The van der Waals surface area contributed by atoms with Crippen molar-refractivity contribution < 1.29 is 4.79 Å². The lowest BCUT2D eigenvalue weighted by Crippen LogP contribution is -2.33. The summed E-state index contributed by atoms with van der Waals surface area (Å²) in [6, 6.07) is 15.3. The lowest BCUT2D eigenvalue weighted by molar-refractivity contribution is 0.102. The van der Waals surface area contributed by atoms with Crippen molar-refractivity contribution in [2.24, 2.45) is 5.92 Å². The van der Waals surface area contributed by atoms with Crippen LogP contribution in [-0.4, -0.2) is 44.1 Å². The van der Waals surface area contributed by atoms with E-state index in [0.29, 0.717) is 5.56 Å². The van der Waals surface area contributed by atoms with Gasteiger partial charge in [-0.25, -0.2) is 4.68 Å². The second kappa shape index (κ2) is 8.31. The Kier molecular flexibility index (Phi) is 5.43. The fourth-order valence-electron chi connectivity index (χ4n) is 3.65. The van der Waals surface area contributed by atoms with Gasteiger partial charge < -0.3 is 5.32 Å². The third-order valence-electron chi connectivity index (χ3n) is 5.08. The summed E-state index contributed by atoms with van der Waals surface area (Å²) in [6.45, 7) is 5.61. The molecule has 1 fully saturated rings. The monoisotopic (exact) mass is 376 g/mol. The van der Waals surface area contributed by atoms with Gasteiger partial charge in [0.1, 0.15) is 6.33 Å². The molecule has 0 saturated carbocycles. The molecule has 1 aliphatic rings. The van der Waals surface area contributed by atoms with Crippen molar-refractivity contribution in [3.05, 3.63) is 66.0 Å². The molecule has 7 nitrogen and oxygen atoms in total. The molecule has 4 rings (SSSR count). The van der Waals surface area contributed by atoms with Crippen LogP contribution < -0.4 is 5.32 Å². The number of benzene rings is 2. The average Bonchev–Trinajstić information content (AvgIpc) is 3.25. The van der Waals surface area contributed by atoms with Crippen LogP contribution in [0.15, 0.2) is 54.9 Å². The predicted octanol–water partition coefficient (Wildman–Crippen LogP) is 3.15. The fourth-order valence-corrected chi connectivity index (χ4v) is 3.65. The smallest absolute Gasteiger partial charge is 0.255 e. The quantitative estimate of drug-likeness (QED) is 0.740. The van der Waals surface area contributed by atoms with E-state index in [0.717, 1.165) is 30.4 Å². The first-order chi connectivity index (χ1) is 13.7. The largest absolute Gasteiger partial charge is 0.322 e. The minimum absolute atomic E-state index is 0.160. The van der Waals surface area contributed by atoms with Crippen LogP contribution in [0.4, 0.5) is 5.69 Å². The summed E-state index contributed by atoms with van der Waals surface area (Å²) in [6.07, 6.45) is 4.11. The van der Waals surface area contributed by atoms with E-state index in [4.69, 9.17) is 0 Å². The number of amides is 1. The first kappa shape index (κ1) is 18.3. The molecule has 1 unspecified atom stereocenters. The maximum absolute atomic E-state index is 12.6. The standard InChI is InChI=1S/C21H24N6O/c1-16-4-3-11-26(13-16)14-17-7-9-19(10-8-17)23-21(28)18-5-2-6-20(12-18)27-15-22-24-25-27/h2,5-10,12,15-16H,3-4,11,13-14H2,1H3,(H,23,28). The van der Waals surface area contributed by atoms with E-state index in [9.17, 15) is 4.79 Å². The van der Waals surface area contributed by atoms with Crippen molar-refractivity contribution >= 4 is 11.6 Å². The number of anilines is 1. The van der Waals surface area contributed by atoms with E-state index in [1.54, 1.807) is 12.1 Å². The van der Waals surface area contributed by atoms with Gasteiger partial charge in [0.2, 0.25) is 0 Å². The zero-order valence-corrected chi connectivity index (χ0v) is 16.0. The summed E-state index contributed by atoms with van der Waals surface area (Å²) < 4.78 is 1.52. The summed E-state index contributed by atoms with van der Waals surface area (Å²) in [4.78, 5) is 15.1. The normalized spacial score (nSPS) is 17.4. The van der Waals surface area contributed by atoms with Gasteiger partial charge in [-0.15, -0.1) is 5.10 Å². The molecular weight excluding hydrogens is 352 g/mol. The number of likely N-dealkylation sites (tertiary alicyclic amines) is 1. The van der Waals surface area contributed by atoms with Gasteiger partial charge in [-0.1, -0.05) is 25.1 Å². The molecule has 0 bridgehead atoms. The van der Waals surface area contributed by atoms with Crippen LogP contribution in [0.5, 0.6) is 0 Å². The van der Waals surface area contributed by atoms with Crippen LogP contribution in [0.1, 0.15) is 35.7 Å². The molecule has 0 aliphatic carbocycles. The van der Waals surface area contributed by atoms with Crippen LogP contribution in [-0.2, 0) is 6.54 Å². The average molecular weight is 376 g/mol. The van der Waals surface area contributed by atoms with Crippen LogP contribution in [0.25, 0.3) is 5.69 Å². The fraction of sp³-hybridized carbons (Fsp3) is 0.333. The number of rotatable bonds is 5. The molecule has 1 aliphatic heterocycles. The molecule has 1 amide bonds. The number of hydrogen-bond donors (Lipinski definition) is 1. The molecule has 1 aromatic heterocycles. The summed E-state index contributed by atoms with van der Waals surface area (Å²) in [5, 5.41) is 14.1. The minimum Gasteiger partial charge on any atom is -0.322 e. The van der Waals surface area contributed by atoms with Crippen LogP contribution in [0, 0.1) is 5.92 Å². The van der Waals surface area contributed by atoms with Crippen molar-refractivity contribution in [1.29, 1.82) is 0 Å². The van der Waals surface area contributed by atoms with Crippen LogP contribution >= 0.6 is 0 Å². The second-order valence-electron chi connectivity index (χ2n) is 7.44. The number of nitrogens with zero attached hydrogens (tertiary/aromatic N) is 5. The highest BCUT2D eigenvalue weighted by atomic mass is 16.1. The van der Waals surface area contributed by atoms with Gasteiger partial charge in [-0.2, -0.15) is 0 Å². The zero-order chi connectivity index (χ0) is 19.3.